The Morgan fingerprint density at radius 3 is 2.18 bits per heavy atom. The fraction of sp³-hybridized carbons (Fsp3) is 0.0952. The number of rotatable bonds is 4. The van der Waals surface area contributed by atoms with Crippen LogP contribution in [0.3, 0.4) is 0 Å². The number of phenols is 1. The van der Waals surface area contributed by atoms with Crippen molar-refractivity contribution in [3.8, 4) is 5.75 Å². The first-order chi connectivity index (χ1) is 13.5. The van der Waals surface area contributed by atoms with Crippen LogP contribution in [0.25, 0.3) is 10.8 Å². The Bertz CT molecular complexity index is 1030. The van der Waals surface area contributed by atoms with Gasteiger partial charge in [0.15, 0.2) is 0 Å². The van der Waals surface area contributed by atoms with E-state index in [1.54, 1.807) is 48.5 Å². The molecule has 7 heteroatoms. The molecule has 3 amide bonds. The van der Waals surface area contributed by atoms with E-state index in [-0.39, 0.29) is 11.3 Å². The number of fused-ring (bicyclic) bond motifs is 1. The van der Waals surface area contributed by atoms with Crippen molar-refractivity contribution in [2.24, 2.45) is 0 Å². The number of benzene rings is 3. The molecular formula is C21H18N2O5. The topological polar surface area (TPSA) is 105 Å². The summed E-state index contributed by atoms with van der Waals surface area (Å²) < 4.78 is 5.37. The average molecular weight is 378 g/mol. The number of esters is 1. The second kappa shape index (κ2) is 8.22. The number of phenolic OH excluding ortho intramolecular Hbond substituents is 1. The van der Waals surface area contributed by atoms with E-state index in [4.69, 9.17) is 4.74 Å². The predicted octanol–water partition coefficient (Wildman–Crippen LogP) is 2.90. The summed E-state index contributed by atoms with van der Waals surface area (Å²) in [4.78, 5) is 36.6. The van der Waals surface area contributed by atoms with Gasteiger partial charge in [-0.05, 0) is 22.9 Å². The van der Waals surface area contributed by atoms with E-state index in [0.29, 0.717) is 5.56 Å². The summed E-state index contributed by atoms with van der Waals surface area (Å²) in [7, 11) is 1.36. The van der Waals surface area contributed by atoms with Crippen LogP contribution < -0.4 is 10.6 Å². The van der Waals surface area contributed by atoms with Gasteiger partial charge < -0.3 is 15.2 Å². The van der Waals surface area contributed by atoms with E-state index in [1.165, 1.54) is 19.2 Å². The van der Waals surface area contributed by atoms with Crippen LogP contribution in [0.4, 0.5) is 4.79 Å². The third kappa shape index (κ3) is 4.09. The number of ether oxygens (including phenoxy) is 1. The first-order valence-corrected chi connectivity index (χ1v) is 8.50. The zero-order valence-corrected chi connectivity index (χ0v) is 15.0. The van der Waals surface area contributed by atoms with Crippen molar-refractivity contribution in [2.45, 2.75) is 6.10 Å². The molecule has 0 unspecified atom stereocenters. The lowest BCUT2D eigenvalue weighted by molar-refractivity contribution is -0.129. The monoisotopic (exact) mass is 378 g/mol. The van der Waals surface area contributed by atoms with Crippen molar-refractivity contribution < 1.29 is 24.2 Å². The molecule has 0 aliphatic carbocycles. The molecule has 0 aliphatic rings. The summed E-state index contributed by atoms with van der Waals surface area (Å²) in [5.74, 6) is -1.95. The summed E-state index contributed by atoms with van der Waals surface area (Å²) in [6, 6.07) is 17.7. The first kappa shape index (κ1) is 18.9. The van der Waals surface area contributed by atoms with Gasteiger partial charge in [0.25, 0.3) is 5.91 Å². The Hall–Kier alpha value is -3.87. The van der Waals surface area contributed by atoms with Crippen molar-refractivity contribution in [3.05, 3.63) is 77.9 Å². The van der Waals surface area contributed by atoms with Crippen LogP contribution in [0, 0.1) is 0 Å². The zero-order valence-electron chi connectivity index (χ0n) is 15.0. The average Bonchev–Trinajstić information content (AvgIpc) is 2.71. The molecule has 0 aliphatic heterocycles. The molecule has 142 valence electrons. The lowest BCUT2D eigenvalue weighted by atomic mass is 10.1. The van der Waals surface area contributed by atoms with E-state index < -0.39 is 24.0 Å². The number of carbonyl (C=O) groups is 3. The SMILES string of the molecule is CNC(=O)NC(=O)[C@@H](OC(=O)c1cc2ccccc2cc1O)c1ccccc1. The lowest BCUT2D eigenvalue weighted by Crippen LogP contribution is -2.41. The minimum Gasteiger partial charge on any atom is -0.507 e. The minimum atomic E-state index is -1.36. The van der Waals surface area contributed by atoms with Crippen LogP contribution in [-0.2, 0) is 9.53 Å². The van der Waals surface area contributed by atoms with Crippen LogP contribution in [0.5, 0.6) is 5.75 Å². The van der Waals surface area contributed by atoms with Gasteiger partial charge in [-0.1, -0.05) is 54.6 Å². The Balaban J connectivity index is 1.92. The number of carbonyl (C=O) groups excluding carboxylic acids is 3. The maximum absolute atomic E-state index is 12.7. The van der Waals surface area contributed by atoms with Crippen LogP contribution in [0.15, 0.2) is 66.7 Å². The van der Waals surface area contributed by atoms with Gasteiger partial charge in [0.1, 0.15) is 11.3 Å². The number of aromatic hydroxyl groups is 1. The quantitative estimate of drug-likeness (QED) is 0.606. The molecule has 0 saturated heterocycles. The van der Waals surface area contributed by atoms with Gasteiger partial charge in [0.2, 0.25) is 6.10 Å². The summed E-state index contributed by atoms with van der Waals surface area (Å²) in [6.07, 6.45) is -1.36. The van der Waals surface area contributed by atoms with E-state index in [0.717, 1.165) is 10.8 Å². The summed E-state index contributed by atoms with van der Waals surface area (Å²) in [6.45, 7) is 0. The van der Waals surface area contributed by atoms with Gasteiger partial charge in [0.05, 0.1) is 0 Å². The summed E-state index contributed by atoms with van der Waals surface area (Å²) in [5.41, 5.74) is 0.310. The number of urea groups is 1. The Morgan fingerprint density at radius 1 is 0.929 bits per heavy atom. The highest BCUT2D eigenvalue weighted by molar-refractivity contribution is 6.01. The van der Waals surface area contributed by atoms with Crippen molar-refractivity contribution >= 4 is 28.7 Å². The van der Waals surface area contributed by atoms with Crippen molar-refractivity contribution in [3.63, 3.8) is 0 Å². The maximum atomic E-state index is 12.7. The lowest BCUT2D eigenvalue weighted by Gasteiger charge is -2.18. The molecule has 0 radical (unpaired) electrons. The number of amides is 3. The molecule has 3 aromatic carbocycles. The van der Waals surface area contributed by atoms with E-state index in [1.807, 2.05) is 6.07 Å². The van der Waals surface area contributed by atoms with Gasteiger partial charge in [-0.15, -0.1) is 0 Å². The molecule has 3 N–H and O–H groups in total. The van der Waals surface area contributed by atoms with Crippen LogP contribution in [0.1, 0.15) is 22.0 Å². The van der Waals surface area contributed by atoms with Crippen LogP contribution in [0.2, 0.25) is 0 Å². The van der Waals surface area contributed by atoms with Crippen LogP contribution in [-0.4, -0.2) is 30.1 Å². The van der Waals surface area contributed by atoms with Gasteiger partial charge in [-0.25, -0.2) is 9.59 Å². The molecule has 0 fully saturated rings. The molecule has 0 saturated carbocycles. The highest BCUT2D eigenvalue weighted by Crippen LogP contribution is 2.28. The normalized spacial score (nSPS) is 11.5. The second-order valence-electron chi connectivity index (χ2n) is 5.98. The Kier molecular flexibility index (Phi) is 5.55. The second-order valence-corrected chi connectivity index (χ2v) is 5.98. The van der Waals surface area contributed by atoms with Gasteiger partial charge in [0, 0.05) is 12.6 Å². The molecule has 3 rings (SSSR count). The van der Waals surface area contributed by atoms with E-state index in [9.17, 15) is 19.5 Å². The third-order valence-corrected chi connectivity index (χ3v) is 4.11. The molecule has 0 bridgehead atoms. The van der Waals surface area contributed by atoms with E-state index >= 15 is 0 Å². The van der Waals surface area contributed by atoms with Crippen molar-refractivity contribution in [1.29, 1.82) is 0 Å². The minimum absolute atomic E-state index is 0.0765. The molecular weight excluding hydrogens is 360 g/mol. The van der Waals surface area contributed by atoms with Gasteiger partial charge >= 0.3 is 12.0 Å². The van der Waals surface area contributed by atoms with Crippen LogP contribution >= 0.6 is 0 Å². The maximum Gasteiger partial charge on any atom is 0.343 e. The number of hydrogen-bond acceptors (Lipinski definition) is 5. The van der Waals surface area contributed by atoms with Crippen molar-refractivity contribution in [1.82, 2.24) is 10.6 Å². The zero-order chi connectivity index (χ0) is 20.1. The molecule has 7 nitrogen and oxygen atoms in total. The van der Waals surface area contributed by atoms with Crippen molar-refractivity contribution in [2.75, 3.05) is 7.05 Å². The summed E-state index contributed by atoms with van der Waals surface area (Å²) in [5, 5.41) is 16.1. The fourth-order valence-electron chi connectivity index (χ4n) is 2.70. The van der Waals surface area contributed by atoms with Gasteiger partial charge in [-0.2, -0.15) is 0 Å². The molecule has 1 atom stereocenters. The highest BCUT2D eigenvalue weighted by Gasteiger charge is 2.28. The fourth-order valence-corrected chi connectivity index (χ4v) is 2.70. The largest absolute Gasteiger partial charge is 0.507 e. The Morgan fingerprint density at radius 2 is 1.54 bits per heavy atom. The molecule has 0 aromatic heterocycles. The Labute approximate surface area is 160 Å². The number of nitrogens with one attached hydrogen (secondary N) is 2. The smallest absolute Gasteiger partial charge is 0.343 e. The first-order valence-electron chi connectivity index (χ1n) is 8.50. The standard InChI is InChI=1S/C21H18N2O5/c1-22-21(27)23-19(25)18(13-7-3-2-4-8-13)28-20(26)16-11-14-9-5-6-10-15(14)12-17(16)24/h2-12,18,24H,1H3,(H2,22,23,25,27)/t18-/m0/s1. The molecule has 0 heterocycles. The number of imide groups is 1. The highest BCUT2D eigenvalue weighted by atomic mass is 16.5. The van der Waals surface area contributed by atoms with Gasteiger partial charge in [-0.3, -0.25) is 10.1 Å². The number of hydrogen-bond donors (Lipinski definition) is 3. The molecule has 3 aromatic rings. The van der Waals surface area contributed by atoms with E-state index in [2.05, 4.69) is 10.6 Å². The predicted molar refractivity (Wildman–Crippen MR) is 103 cm³/mol. The molecule has 0 spiro atoms. The summed E-state index contributed by atoms with van der Waals surface area (Å²) >= 11 is 0. The third-order valence-electron chi connectivity index (χ3n) is 4.11. The molecule has 28 heavy (non-hydrogen) atoms.